The maximum Gasteiger partial charge on any atom is 0.253 e. The summed E-state index contributed by atoms with van der Waals surface area (Å²) in [6, 6.07) is 6.94. The lowest BCUT2D eigenvalue weighted by atomic mass is 9.70. The number of hydrogen-bond acceptors (Lipinski definition) is 3. The lowest BCUT2D eigenvalue weighted by molar-refractivity contribution is 0.0468. The fraction of sp³-hybridized carbons (Fsp3) is 0.650. The largest absolute Gasteiger partial charge is 0.381 e. The van der Waals surface area contributed by atoms with E-state index in [-0.39, 0.29) is 17.3 Å². The van der Waals surface area contributed by atoms with Gasteiger partial charge in [-0.05, 0) is 55.8 Å². The molecule has 0 radical (unpaired) electrons. The molecule has 0 aromatic heterocycles. The minimum Gasteiger partial charge on any atom is -0.381 e. The Kier molecular flexibility index (Phi) is 6.07. The molecule has 4 nitrogen and oxygen atoms in total. The van der Waals surface area contributed by atoms with Crippen molar-refractivity contribution in [2.24, 2.45) is 9.81 Å². The zero-order valence-electron chi connectivity index (χ0n) is 16.7. The van der Waals surface area contributed by atoms with Crippen LogP contribution < -0.4 is 0 Å². The van der Waals surface area contributed by atoms with Crippen LogP contribution in [-0.4, -0.2) is 41.2 Å². The highest BCUT2D eigenvalue weighted by Gasteiger charge is 2.46. The van der Waals surface area contributed by atoms with E-state index in [9.17, 15) is 8.42 Å². The van der Waals surface area contributed by atoms with Gasteiger partial charge < -0.3 is 4.74 Å². The van der Waals surface area contributed by atoms with E-state index >= 15 is 0 Å². The predicted molar refractivity (Wildman–Crippen MR) is 118 cm³/mol. The monoisotopic (exact) mass is 471 g/mol. The van der Waals surface area contributed by atoms with Crippen molar-refractivity contribution < 1.29 is 13.2 Å². The molecule has 1 aromatic rings. The van der Waals surface area contributed by atoms with Crippen LogP contribution in [-0.2, 0) is 21.2 Å². The van der Waals surface area contributed by atoms with E-state index in [1.165, 1.54) is 5.56 Å². The Bertz CT molecular complexity index is 837. The van der Waals surface area contributed by atoms with E-state index in [4.69, 9.17) is 4.74 Å². The van der Waals surface area contributed by atoms with Crippen molar-refractivity contribution in [1.29, 1.82) is 0 Å². The quantitative estimate of drug-likeness (QED) is 0.565. The molecular formula is C20H30BrNO3SSi. The molecule has 0 bridgehead atoms. The number of ether oxygens (including phenoxy) is 1. The number of fused-ring (bicyclic) bond motifs is 1. The highest BCUT2D eigenvalue weighted by Crippen LogP contribution is 2.49. The highest BCUT2D eigenvalue weighted by atomic mass is 79.9. The second-order valence-electron chi connectivity index (χ2n) is 9.23. The van der Waals surface area contributed by atoms with Crippen molar-refractivity contribution >= 4 is 39.7 Å². The van der Waals surface area contributed by atoms with Crippen LogP contribution in [0.2, 0.25) is 25.7 Å². The molecule has 27 heavy (non-hydrogen) atoms. The van der Waals surface area contributed by atoms with E-state index in [1.54, 1.807) is 7.11 Å². The number of hydrogen-bond donors (Lipinski definition) is 0. The summed E-state index contributed by atoms with van der Waals surface area (Å²) in [7, 11) is -3.15. The van der Waals surface area contributed by atoms with Crippen LogP contribution in [0.3, 0.4) is 0 Å². The van der Waals surface area contributed by atoms with Gasteiger partial charge in [0.25, 0.3) is 10.0 Å². The van der Waals surface area contributed by atoms with Crippen LogP contribution in [0.25, 0.3) is 0 Å². The second-order valence-corrected chi connectivity index (χ2v) is 17.5. The van der Waals surface area contributed by atoms with Gasteiger partial charge in [0, 0.05) is 30.6 Å². The molecule has 2 aliphatic carbocycles. The zero-order valence-corrected chi connectivity index (χ0v) is 20.1. The third-order valence-corrected chi connectivity index (χ3v) is 9.71. The van der Waals surface area contributed by atoms with Gasteiger partial charge in [-0.2, -0.15) is 4.40 Å². The molecule has 0 aliphatic heterocycles. The first-order chi connectivity index (χ1) is 12.5. The summed E-state index contributed by atoms with van der Waals surface area (Å²) >= 11 is 3.54. The van der Waals surface area contributed by atoms with Gasteiger partial charge in [-0.15, -0.1) is 0 Å². The molecule has 1 fully saturated rings. The molecular weight excluding hydrogens is 442 g/mol. The van der Waals surface area contributed by atoms with Gasteiger partial charge in [-0.3, -0.25) is 0 Å². The summed E-state index contributed by atoms with van der Waals surface area (Å²) < 4.78 is 36.7. The van der Waals surface area contributed by atoms with Gasteiger partial charge >= 0.3 is 0 Å². The van der Waals surface area contributed by atoms with Crippen molar-refractivity contribution in [3.05, 3.63) is 33.8 Å². The highest BCUT2D eigenvalue weighted by molar-refractivity contribution is 9.10. The molecule has 0 amide bonds. The van der Waals surface area contributed by atoms with Gasteiger partial charge in [0.15, 0.2) is 0 Å². The Morgan fingerprint density at radius 2 is 1.93 bits per heavy atom. The van der Waals surface area contributed by atoms with Crippen molar-refractivity contribution in [1.82, 2.24) is 0 Å². The third-order valence-electron chi connectivity index (χ3n) is 5.92. The minimum absolute atomic E-state index is 0.159. The van der Waals surface area contributed by atoms with Crippen LogP contribution in [0.1, 0.15) is 36.8 Å². The molecule has 7 heteroatoms. The van der Waals surface area contributed by atoms with E-state index in [2.05, 4.69) is 46.0 Å². The predicted octanol–water partition coefficient (Wildman–Crippen LogP) is 5.04. The summed E-state index contributed by atoms with van der Waals surface area (Å²) in [6.07, 6.45) is 4.93. The number of sulfonamides is 1. The number of rotatable bonds is 5. The maximum atomic E-state index is 12.9. The first kappa shape index (κ1) is 21.2. The van der Waals surface area contributed by atoms with Crippen molar-refractivity contribution in [2.45, 2.75) is 63.9 Å². The Morgan fingerprint density at radius 1 is 1.26 bits per heavy atom. The molecule has 0 unspecified atom stereocenters. The lowest BCUT2D eigenvalue weighted by Crippen LogP contribution is -2.36. The molecule has 150 valence electrons. The van der Waals surface area contributed by atoms with E-state index in [0.29, 0.717) is 0 Å². The van der Waals surface area contributed by atoms with E-state index in [1.807, 2.05) is 12.1 Å². The molecule has 1 aromatic carbocycles. The summed E-state index contributed by atoms with van der Waals surface area (Å²) in [6.45, 7) is 6.60. The molecule has 1 saturated carbocycles. The Hall–Kier alpha value is -0.503. The first-order valence-corrected chi connectivity index (χ1v) is 15.8. The average molecular weight is 473 g/mol. The number of benzene rings is 1. The van der Waals surface area contributed by atoms with Crippen LogP contribution >= 0.6 is 15.9 Å². The summed E-state index contributed by atoms with van der Waals surface area (Å²) in [5, 5.41) is 0. The Labute approximate surface area is 173 Å². The molecule has 0 saturated heterocycles. The normalized spacial score (nSPS) is 27.3. The van der Waals surface area contributed by atoms with Gasteiger partial charge in [-0.1, -0.05) is 41.6 Å². The summed E-state index contributed by atoms with van der Waals surface area (Å²) in [5.74, 6) is 0.159. The molecule has 1 spiro atoms. The van der Waals surface area contributed by atoms with Gasteiger partial charge in [0.2, 0.25) is 0 Å². The Morgan fingerprint density at radius 3 is 2.52 bits per heavy atom. The topological polar surface area (TPSA) is 55.7 Å². The average Bonchev–Trinajstić information content (AvgIpc) is 2.86. The molecule has 0 N–H and O–H groups in total. The van der Waals surface area contributed by atoms with Gasteiger partial charge in [-0.25, -0.2) is 8.42 Å². The van der Waals surface area contributed by atoms with Crippen LogP contribution in [0, 0.1) is 5.41 Å². The van der Waals surface area contributed by atoms with Crippen LogP contribution in [0.4, 0.5) is 0 Å². The molecule has 2 aliphatic rings. The fourth-order valence-electron chi connectivity index (χ4n) is 4.22. The summed E-state index contributed by atoms with van der Waals surface area (Å²) in [5.41, 5.74) is 2.86. The first-order valence-electron chi connectivity index (χ1n) is 9.68. The van der Waals surface area contributed by atoms with E-state index < -0.39 is 18.1 Å². The van der Waals surface area contributed by atoms with Crippen molar-refractivity contribution in [3.63, 3.8) is 0 Å². The standard InChI is InChI=1S/C20H30BrNO3SSi/c1-25-17-7-9-20(10-8-17)14-15-5-6-16(21)13-18(15)19(20)22-26(23,24)11-12-27(2,3)4/h5-6,13,17H,7-12,14H2,1-4H3. The van der Waals surface area contributed by atoms with Gasteiger partial charge in [0.05, 0.1) is 17.6 Å². The van der Waals surface area contributed by atoms with Gasteiger partial charge in [0.1, 0.15) is 0 Å². The third kappa shape index (κ3) is 4.92. The molecule has 0 atom stereocenters. The second kappa shape index (κ2) is 7.73. The number of nitrogens with zero attached hydrogens (tertiary/aromatic N) is 1. The SMILES string of the molecule is COC1CCC2(CC1)Cc1ccc(Br)cc1C2=NS(=O)(=O)CC[Si](C)(C)C. The van der Waals surface area contributed by atoms with Crippen molar-refractivity contribution in [2.75, 3.05) is 12.9 Å². The number of methoxy groups -OCH3 is 1. The summed E-state index contributed by atoms with van der Waals surface area (Å²) in [4.78, 5) is 0. The Balaban J connectivity index is 1.99. The van der Waals surface area contributed by atoms with E-state index in [0.717, 1.165) is 53.9 Å². The van der Waals surface area contributed by atoms with Crippen molar-refractivity contribution in [3.8, 4) is 0 Å². The molecule has 3 rings (SSSR count). The lowest BCUT2D eigenvalue weighted by Gasteiger charge is -2.37. The molecule has 0 heterocycles. The fourth-order valence-corrected chi connectivity index (χ4v) is 8.72. The smallest absolute Gasteiger partial charge is 0.253 e. The minimum atomic E-state index is -3.47. The number of halogens is 1. The van der Waals surface area contributed by atoms with Crippen LogP contribution in [0.15, 0.2) is 27.1 Å². The zero-order chi connectivity index (χ0) is 19.9. The van der Waals surface area contributed by atoms with Crippen LogP contribution in [0.5, 0.6) is 0 Å². The maximum absolute atomic E-state index is 12.9.